The number of rotatable bonds is 3. The van der Waals surface area contributed by atoms with Crippen molar-refractivity contribution in [3.05, 3.63) is 63.4 Å². The highest BCUT2D eigenvalue weighted by molar-refractivity contribution is 7.90. The first-order valence-corrected chi connectivity index (χ1v) is 8.10. The predicted molar refractivity (Wildman–Crippen MR) is 78.5 cm³/mol. The highest BCUT2D eigenvalue weighted by atomic mass is 35.5. The number of hydrogen-bond acceptors (Lipinski definition) is 3. The Bertz CT molecular complexity index is 824. The van der Waals surface area contributed by atoms with E-state index >= 15 is 0 Å². The minimum Gasteiger partial charge on any atom is -0.223 e. The molecule has 0 aromatic heterocycles. The summed E-state index contributed by atoms with van der Waals surface area (Å²) in [7, 11) is -3.86. The topological polar surface area (TPSA) is 57.9 Å². The van der Waals surface area contributed by atoms with E-state index in [0.717, 1.165) is 12.1 Å². The molecule has 0 unspecified atom stereocenters. The van der Waals surface area contributed by atoms with Crippen LogP contribution in [0, 0.1) is 17.1 Å². The highest BCUT2D eigenvalue weighted by Gasteiger charge is 2.22. The molecule has 0 aliphatic carbocycles. The molecule has 7 heteroatoms. The van der Waals surface area contributed by atoms with Gasteiger partial charge in [-0.2, -0.15) is 5.26 Å². The first-order valence-electron chi connectivity index (χ1n) is 5.70. The smallest absolute Gasteiger partial charge is 0.185 e. The third-order valence-corrected chi connectivity index (χ3v) is 5.30. The molecule has 2 rings (SSSR count). The Balaban J connectivity index is 2.48. The van der Waals surface area contributed by atoms with Crippen LogP contribution in [0.3, 0.4) is 0 Å². The average Bonchev–Trinajstić information content (AvgIpc) is 2.36. The zero-order valence-electron chi connectivity index (χ0n) is 10.5. The number of nitriles is 1. The largest absolute Gasteiger partial charge is 0.223 e. The molecule has 2 aromatic rings. The predicted octanol–water partition coefficient (Wildman–Crippen LogP) is 3.98. The first-order chi connectivity index (χ1) is 9.83. The van der Waals surface area contributed by atoms with Crippen LogP contribution in [0.5, 0.6) is 0 Å². The van der Waals surface area contributed by atoms with E-state index in [9.17, 15) is 12.8 Å². The van der Waals surface area contributed by atoms with Gasteiger partial charge < -0.3 is 0 Å². The molecular formula is C14H8Cl2FNO2S. The normalized spacial score (nSPS) is 11.1. The van der Waals surface area contributed by atoms with Crippen molar-refractivity contribution in [2.75, 3.05) is 0 Å². The molecule has 0 amide bonds. The molecule has 0 N–H and O–H groups in total. The van der Waals surface area contributed by atoms with Crippen molar-refractivity contribution < 1.29 is 12.8 Å². The summed E-state index contributed by atoms with van der Waals surface area (Å²) in [4.78, 5) is -0.198. The van der Waals surface area contributed by atoms with Crippen LogP contribution in [0.1, 0.15) is 11.1 Å². The average molecular weight is 344 g/mol. The molecule has 0 saturated carbocycles. The van der Waals surface area contributed by atoms with Gasteiger partial charge in [0.1, 0.15) is 10.7 Å². The lowest BCUT2D eigenvalue weighted by atomic mass is 10.1. The van der Waals surface area contributed by atoms with E-state index in [1.165, 1.54) is 24.3 Å². The van der Waals surface area contributed by atoms with Gasteiger partial charge in [-0.1, -0.05) is 29.3 Å². The van der Waals surface area contributed by atoms with Gasteiger partial charge in [0, 0.05) is 0 Å². The maximum Gasteiger partial charge on any atom is 0.185 e. The van der Waals surface area contributed by atoms with Gasteiger partial charge in [-0.3, -0.25) is 0 Å². The second-order valence-corrected chi connectivity index (χ2v) is 7.01. The highest BCUT2D eigenvalue weighted by Crippen LogP contribution is 2.31. The van der Waals surface area contributed by atoms with E-state index in [4.69, 9.17) is 28.5 Å². The Hall–Kier alpha value is -1.61. The fourth-order valence-electron chi connectivity index (χ4n) is 1.87. The van der Waals surface area contributed by atoms with Gasteiger partial charge in [-0.15, -0.1) is 0 Å². The minimum atomic E-state index is -3.86. The van der Waals surface area contributed by atoms with Crippen LogP contribution in [-0.2, 0) is 15.6 Å². The fraction of sp³-hybridized carbons (Fsp3) is 0.0714. The summed E-state index contributed by atoms with van der Waals surface area (Å²) in [5.41, 5.74) is 0.202. The van der Waals surface area contributed by atoms with Crippen LogP contribution in [0.4, 0.5) is 4.39 Å². The van der Waals surface area contributed by atoms with E-state index < -0.39 is 21.4 Å². The summed E-state index contributed by atoms with van der Waals surface area (Å²) in [6, 6.07) is 9.51. The van der Waals surface area contributed by atoms with E-state index in [0.29, 0.717) is 0 Å². The Morgan fingerprint density at radius 3 is 2.33 bits per heavy atom. The third kappa shape index (κ3) is 3.53. The SMILES string of the molecule is N#Cc1cc(F)cc(CS(=O)(=O)c2c(Cl)cccc2Cl)c1. The molecule has 0 bridgehead atoms. The summed E-state index contributed by atoms with van der Waals surface area (Å²) in [6.45, 7) is 0. The van der Waals surface area contributed by atoms with Crippen molar-refractivity contribution in [2.45, 2.75) is 10.6 Å². The minimum absolute atomic E-state index is 0.000547. The standard InChI is InChI=1S/C14H8Cl2FNO2S/c15-12-2-1-3-13(16)14(12)21(19,20)8-10-4-9(7-18)5-11(17)6-10/h1-6H,8H2. The second-order valence-electron chi connectivity index (χ2n) is 4.27. The molecule has 0 fully saturated rings. The van der Waals surface area contributed by atoms with Crippen LogP contribution in [0.15, 0.2) is 41.3 Å². The Labute approximate surface area is 131 Å². The van der Waals surface area contributed by atoms with Gasteiger partial charge in [0.2, 0.25) is 0 Å². The Morgan fingerprint density at radius 1 is 1.14 bits per heavy atom. The zero-order chi connectivity index (χ0) is 15.6. The lowest BCUT2D eigenvalue weighted by molar-refractivity contribution is 0.594. The van der Waals surface area contributed by atoms with Crippen molar-refractivity contribution in [1.29, 1.82) is 5.26 Å². The maximum absolute atomic E-state index is 13.4. The van der Waals surface area contributed by atoms with Crippen molar-refractivity contribution in [1.82, 2.24) is 0 Å². The van der Waals surface area contributed by atoms with Crippen LogP contribution in [-0.4, -0.2) is 8.42 Å². The zero-order valence-corrected chi connectivity index (χ0v) is 12.8. The molecule has 0 heterocycles. The molecule has 0 atom stereocenters. The fourth-order valence-corrected chi connectivity index (χ4v) is 4.45. The van der Waals surface area contributed by atoms with Crippen molar-refractivity contribution in [2.24, 2.45) is 0 Å². The maximum atomic E-state index is 13.4. The summed E-state index contributed by atoms with van der Waals surface area (Å²) < 4.78 is 38.1. The van der Waals surface area contributed by atoms with Gasteiger partial charge >= 0.3 is 0 Å². The van der Waals surface area contributed by atoms with Gasteiger partial charge in [-0.05, 0) is 35.9 Å². The van der Waals surface area contributed by atoms with Crippen molar-refractivity contribution in [3.63, 3.8) is 0 Å². The van der Waals surface area contributed by atoms with Crippen LogP contribution in [0.2, 0.25) is 10.0 Å². The molecular weight excluding hydrogens is 336 g/mol. The van der Waals surface area contributed by atoms with Crippen LogP contribution < -0.4 is 0 Å². The van der Waals surface area contributed by atoms with Crippen molar-refractivity contribution in [3.8, 4) is 6.07 Å². The lowest BCUT2D eigenvalue weighted by Gasteiger charge is -2.09. The number of hydrogen-bond donors (Lipinski definition) is 0. The number of benzene rings is 2. The third-order valence-electron chi connectivity index (χ3n) is 2.67. The quantitative estimate of drug-likeness (QED) is 0.846. The van der Waals surface area contributed by atoms with Gasteiger partial charge in [-0.25, -0.2) is 12.8 Å². The van der Waals surface area contributed by atoms with E-state index in [-0.39, 0.29) is 26.1 Å². The van der Waals surface area contributed by atoms with Gasteiger partial charge in [0.25, 0.3) is 0 Å². The van der Waals surface area contributed by atoms with E-state index in [1.807, 2.05) is 0 Å². The molecule has 0 radical (unpaired) electrons. The Kier molecular flexibility index (Phi) is 4.52. The molecule has 2 aromatic carbocycles. The summed E-state index contributed by atoms with van der Waals surface area (Å²) in [5.74, 6) is -1.17. The Morgan fingerprint density at radius 2 is 1.76 bits per heavy atom. The summed E-state index contributed by atoms with van der Waals surface area (Å²) >= 11 is 11.8. The molecule has 3 nitrogen and oxygen atoms in total. The van der Waals surface area contributed by atoms with Crippen molar-refractivity contribution >= 4 is 33.0 Å². The molecule has 0 aliphatic rings. The molecule has 21 heavy (non-hydrogen) atoms. The van der Waals surface area contributed by atoms with E-state index in [1.54, 1.807) is 6.07 Å². The number of nitrogens with zero attached hydrogens (tertiary/aromatic N) is 1. The first kappa shape index (κ1) is 15.8. The lowest BCUT2D eigenvalue weighted by Crippen LogP contribution is -2.07. The number of sulfone groups is 1. The summed E-state index contributed by atoms with van der Waals surface area (Å²) in [5, 5.41) is 8.78. The van der Waals surface area contributed by atoms with Gasteiger partial charge in [0.05, 0.1) is 27.4 Å². The monoisotopic (exact) mass is 343 g/mol. The molecule has 108 valence electrons. The van der Waals surface area contributed by atoms with E-state index in [2.05, 4.69) is 0 Å². The van der Waals surface area contributed by atoms with Gasteiger partial charge in [0.15, 0.2) is 9.84 Å². The van der Waals surface area contributed by atoms with Crippen LogP contribution >= 0.6 is 23.2 Å². The molecule has 0 aliphatic heterocycles. The number of halogens is 3. The summed E-state index contributed by atoms with van der Waals surface area (Å²) in [6.07, 6.45) is 0. The molecule has 0 saturated heterocycles. The van der Waals surface area contributed by atoms with Crippen LogP contribution in [0.25, 0.3) is 0 Å². The second kappa shape index (κ2) is 6.02. The molecule has 0 spiro atoms.